The van der Waals surface area contributed by atoms with Gasteiger partial charge in [0.2, 0.25) is 0 Å². The summed E-state index contributed by atoms with van der Waals surface area (Å²) in [6.45, 7) is 4.25. The molecule has 1 heteroatoms. The van der Waals surface area contributed by atoms with Gasteiger partial charge in [-0.15, -0.1) is 0 Å². The van der Waals surface area contributed by atoms with Crippen molar-refractivity contribution in [3.8, 4) is 11.1 Å². The largest absolute Gasteiger partial charge is 0.402 e. The summed E-state index contributed by atoms with van der Waals surface area (Å²) in [4.78, 5) is 0. The summed E-state index contributed by atoms with van der Waals surface area (Å²) in [6, 6.07) is 18.6. The minimum atomic E-state index is 0.225. The highest BCUT2D eigenvalue weighted by Crippen LogP contribution is 2.54. The maximum absolute atomic E-state index is 5.66. The Hall–Kier alpha value is -2.28. The average Bonchev–Trinajstić information content (AvgIpc) is 3.19. The third kappa shape index (κ3) is 8.91. The lowest BCUT2D eigenvalue weighted by Crippen LogP contribution is -2.25. The molecule has 0 heterocycles. The smallest absolute Gasteiger partial charge is 0.0215 e. The molecule has 1 aliphatic carbocycles. The molecule has 0 saturated carbocycles. The maximum atomic E-state index is 5.66. The molecule has 0 bridgehead atoms. The van der Waals surface area contributed by atoms with Gasteiger partial charge in [0.1, 0.15) is 0 Å². The van der Waals surface area contributed by atoms with Gasteiger partial charge in [0.05, 0.1) is 0 Å². The van der Waals surface area contributed by atoms with Gasteiger partial charge >= 0.3 is 0 Å². The molecule has 0 unspecified atom stereocenters. The predicted octanol–water partition coefficient (Wildman–Crippen LogP) is 11.0. The van der Waals surface area contributed by atoms with Crippen molar-refractivity contribution in [2.45, 2.75) is 128 Å². The van der Waals surface area contributed by atoms with E-state index in [2.05, 4.69) is 67.6 Å². The van der Waals surface area contributed by atoms with E-state index in [1.165, 1.54) is 120 Å². The lowest BCUT2D eigenvalue weighted by Gasteiger charge is -2.33. The minimum absolute atomic E-state index is 0.225. The van der Waals surface area contributed by atoms with E-state index in [1.54, 1.807) is 11.1 Å². The molecule has 0 amide bonds. The van der Waals surface area contributed by atoms with Crippen LogP contribution in [0.2, 0.25) is 0 Å². The standard InChI is InChI=1S/C36H53N/c1-3-4-5-6-15-22-29-36(34-27-20-18-25-32(34)33-26-19-21-28-35(33)36)30-23-16-13-11-9-7-8-10-12-14-17-24-31(2)37/h14,17-21,24-28H,3-13,15-16,22-23,29-30,37H2,1-2H3/b17-14-,31-24-. The number of nitrogens with two attached hydrogens (primary N) is 1. The van der Waals surface area contributed by atoms with Gasteiger partial charge in [-0.05, 0) is 60.9 Å². The monoisotopic (exact) mass is 499 g/mol. The first-order valence-electron chi connectivity index (χ1n) is 15.5. The molecular formula is C36H53N. The van der Waals surface area contributed by atoms with E-state index in [4.69, 9.17) is 5.73 Å². The summed E-state index contributed by atoms with van der Waals surface area (Å²) >= 11 is 0. The third-order valence-electron chi connectivity index (χ3n) is 8.35. The van der Waals surface area contributed by atoms with E-state index in [9.17, 15) is 0 Å². The second-order valence-electron chi connectivity index (χ2n) is 11.4. The second kappa shape index (κ2) is 16.5. The van der Waals surface area contributed by atoms with Gasteiger partial charge in [-0.3, -0.25) is 0 Å². The van der Waals surface area contributed by atoms with Crippen LogP contribution in [0, 0.1) is 0 Å². The van der Waals surface area contributed by atoms with Crippen molar-refractivity contribution in [3.63, 3.8) is 0 Å². The average molecular weight is 500 g/mol. The maximum Gasteiger partial charge on any atom is 0.0215 e. The van der Waals surface area contributed by atoms with Crippen molar-refractivity contribution in [3.05, 3.63) is 83.6 Å². The molecule has 0 aliphatic heterocycles. The van der Waals surface area contributed by atoms with Gasteiger partial charge in [-0.2, -0.15) is 0 Å². The first-order valence-corrected chi connectivity index (χ1v) is 15.5. The van der Waals surface area contributed by atoms with Gasteiger partial charge in [0, 0.05) is 11.1 Å². The van der Waals surface area contributed by atoms with Crippen LogP contribution in [-0.2, 0) is 5.41 Å². The molecule has 1 aliphatic rings. The van der Waals surface area contributed by atoms with Crippen molar-refractivity contribution in [1.29, 1.82) is 0 Å². The normalized spacial score (nSPS) is 14.3. The van der Waals surface area contributed by atoms with E-state index < -0.39 is 0 Å². The van der Waals surface area contributed by atoms with Crippen LogP contribution in [0.25, 0.3) is 11.1 Å². The molecule has 0 saturated heterocycles. The number of fused-ring (bicyclic) bond motifs is 3. The Morgan fingerprint density at radius 2 is 1.11 bits per heavy atom. The first kappa shape index (κ1) is 29.3. The fourth-order valence-electron chi connectivity index (χ4n) is 6.35. The molecule has 0 spiro atoms. The molecule has 37 heavy (non-hydrogen) atoms. The van der Waals surface area contributed by atoms with Gasteiger partial charge in [0.25, 0.3) is 0 Å². The zero-order valence-electron chi connectivity index (χ0n) is 23.9. The highest BCUT2D eigenvalue weighted by Gasteiger charge is 2.41. The molecule has 2 aromatic carbocycles. The SMILES string of the molecule is CCCCCCCCC1(CCCCCCCCCC/C=C\C=C(\C)N)c2ccccc2-c2ccccc21. The van der Waals surface area contributed by atoms with Crippen LogP contribution in [-0.4, -0.2) is 0 Å². The van der Waals surface area contributed by atoms with E-state index >= 15 is 0 Å². The molecule has 0 aromatic heterocycles. The molecule has 0 atom stereocenters. The Balaban J connectivity index is 1.47. The fraction of sp³-hybridized carbons (Fsp3) is 0.556. The molecule has 202 valence electrons. The number of hydrogen-bond donors (Lipinski definition) is 1. The number of benzene rings is 2. The molecule has 3 rings (SSSR count). The van der Waals surface area contributed by atoms with E-state index in [1.807, 2.05) is 13.0 Å². The molecule has 2 N–H and O–H groups in total. The second-order valence-corrected chi connectivity index (χ2v) is 11.4. The van der Waals surface area contributed by atoms with E-state index in [-0.39, 0.29) is 5.41 Å². The summed E-state index contributed by atoms with van der Waals surface area (Å²) < 4.78 is 0. The lowest BCUT2D eigenvalue weighted by atomic mass is 9.70. The van der Waals surface area contributed by atoms with Gasteiger partial charge < -0.3 is 5.73 Å². The van der Waals surface area contributed by atoms with Gasteiger partial charge in [-0.1, -0.05) is 151 Å². The summed E-state index contributed by atoms with van der Waals surface area (Å²) in [5.74, 6) is 0. The highest BCUT2D eigenvalue weighted by molar-refractivity contribution is 5.80. The van der Waals surface area contributed by atoms with Crippen LogP contribution in [0.4, 0.5) is 0 Å². The van der Waals surface area contributed by atoms with Crippen LogP contribution in [0.15, 0.2) is 72.5 Å². The number of hydrogen-bond acceptors (Lipinski definition) is 1. The van der Waals surface area contributed by atoms with Gasteiger partial charge in [0.15, 0.2) is 0 Å². The fourth-order valence-corrected chi connectivity index (χ4v) is 6.35. The zero-order chi connectivity index (χ0) is 26.2. The number of rotatable bonds is 19. The Labute approximate surface area is 228 Å². The lowest BCUT2D eigenvalue weighted by molar-refractivity contribution is 0.397. The summed E-state index contributed by atoms with van der Waals surface area (Å²) in [7, 11) is 0. The number of allylic oxidation sites excluding steroid dienone is 4. The Kier molecular flexibility index (Phi) is 13.1. The van der Waals surface area contributed by atoms with E-state index in [0.29, 0.717) is 0 Å². The van der Waals surface area contributed by atoms with Crippen molar-refractivity contribution < 1.29 is 0 Å². The highest BCUT2D eigenvalue weighted by atomic mass is 14.5. The van der Waals surface area contributed by atoms with Crippen molar-refractivity contribution in [1.82, 2.24) is 0 Å². The summed E-state index contributed by atoms with van der Waals surface area (Å²) in [5.41, 5.74) is 13.0. The summed E-state index contributed by atoms with van der Waals surface area (Å²) in [5, 5.41) is 0. The molecule has 1 nitrogen and oxygen atoms in total. The molecule has 0 radical (unpaired) electrons. The van der Waals surface area contributed by atoms with E-state index in [0.717, 1.165) is 5.70 Å². The predicted molar refractivity (Wildman–Crippen MR) is 164 cm³/mol. The number of unbranched alkanes of at least 4 members (excludes halogenated alkanes) is 13. The van der Waals surface area contributed by atoms with Crippen molar-refractivity contribution in [2.75, 3.05) is 0 Å². The van der Waals surface area contributed by atoms with Gasteiger partial charge in [-0.25, -0.2) is 0 Å². The zero-order valence-corrected chi connectivity index (χ0v) is 23.9. The molecule has 0 fully saturated rings. The minimum Gasteiger partial charge on any atom is -0.402 e. The van der Waals surface area contributed by atoms with Crippen LogP contribution in [0.1, 0.15) is 134 Å². The third-order valence-corrected chi connectivity index (χ3v) is 8.35. The van der Waals surface area contributed by atoms with Crippen molar-refractivity contribution >= 4 is 0 Å². The first-order chi connectivity index (χ1) is 18.2. The Morgan fingerprint density at radius 1 is 0.649 bits per heavy atom. The topological polar surface area (TPSA) is 26.0 Å². The molecule has 2 aromatic rings. The van der Waals surface area contributed by atoms with Crippen LogP contribution >= 0.6 is 0 Å². The van der Waals surface area contributed by atoms with Crippen LogP contribution in [0.3, 0.4) is 0 Å². The Morgan fingerprint density at radius 3 is 1.62 bits per heavy atom. The summed E-state index contributed by atoms with van der Waals surface area (Å²) in [6.07, 6.45) is 29.3. The Bertz CT molecular complexity index is 917. The quantitative estimate of drug-likeness (QED) is 0.151. The molecular weight excluding hydrogens is 446 g/mol. The van der Waals surface area contributed by atoms with Crippen LogP contribution in [0.5, 0.6) is 0 Å². The van der Waals surface area contributed by atoms with Crippen molar-refractivity contribution in [2.24, 2.45) is 5.73 Å². The van der Waals surface area contributed by atoms with Crippen LogP contribution < -0.4 is 5.73 Å².